The molecule has 0 fully saturated rings. The van der Waals surface area contributed by atoms with Crippen LogP contribution in [0.1, 0.15) is 34.6 Å². The summed E-state index contributed by atoms with van der Waals surface area (Å²) in [5.41, 5.74) is 0.976. The van der Waals surface area contributed by atoms with Crippen molar-refractivity contribution >= 4 is 35.2 Å². The molecule has 0 amide bonds. The third kappa shape index (κ3) is 7.60. The van der Waals surface area contributed by atoms with E-state index in [4.69, 9.17) is 9.47 Å². The van der Waals surface area contributed by atoms with Crippen LogP contribution in [0.5, 0.6) is 5.75 Å². The van der Waals surface area contributed by atoms with Gasteiger partial charge in [-0.3, -0.25) is 4.79 Å². The maximum absolute atomic E-state index is 12.3. The molecule has 0 aliphatic heterocycles. The van der Waals surface area contributed by atoms with E-state index in [1.807, 2.05) is 54.6 Å². The maximum atomic E-state index is 12.3. The van der Waals surface area contributed by atoms with Crippen LogP contribution in [0.25, 0.3) is 0 Å². The van der Waals surface area contributed by atoms with Crippen molar-refractivity contribution < 1.29 is 28.7 Å². The van der Waals surface area contributed by atoms with E-state index in [-0.39, 0.29) is 24.7 Å². The van der Waals surface area contributed by atoms with Gasteiger partial charge in [-0.05, 0) is 67.6 Å². The van der Waals surface area contributed by atoms with Crippen molar-refractivity contribution in [1.29, 1.82) is 0 Å². The number of esters is 1. The van der Waals surface area contributed by atoms with Crippen LogP contribution in [0.4, 0.5) is 0 Å². The SMILES string of the molecule is CC(=O)O/N=C(\C)C(=O)c1ccc(Sc2ccc(C(=O)OCCOc3ccccc3)cc2)cc1. The topological polar surface area (TPSA) is 91.3 Å². The number of hydrogen-bond donors (Lipinski definition) is 0. The zero-order chi connectivity index (χ0) is 24.3. The molecule has 0 unspecified atom stereocenters. The van der Waals surface area contributed by atoms with E-state index in [0.717, 1.165) is 15.5 Å². The second-order valence-corrected chi connectivity index (χ2v) is 8.18. The van der Waals surface area contributed by atoms with Crippen molar-refractivity contribution in [2.24, 2.45) is 5.16 Å². The Kier molecular flexibility index (Phi) is 8.99. The van der Waals surface area contributed by atoms with E-state index in [0.29, 0.717) is 11.1 Å². The minimum atomic E-state index is -0.588. The van der Waals surface area contributed by atoms with Crippen molar-refractivity contribution in [3.63, 3.8) is 0 Å². The Hall–Kier alpha value is -3.91. The van der Waals surface area contributed by atoms with Gasteiger partial charge in [0.15, 0.2) is 0 Å². The molecule has 8 heteroatoms. The summed E-state index contributed by atoms with van der Waals surface area (Å²) in [6.45, 7) is 3.12. The first-order chi connectivity index (χ1) is 16.4. The van der Waals surface area contributed by atoms with Gasteiger partial charge in [-0.15, -0.1) is 0 Å². The van der Waals surface area contributed by atoms with Gasteiger partial charge in [-0.25, -0.2) is 9.59 Å². The highest BCUT2D eigenvalue weighted by molar-refractivity contribution is 7.99. The molecule has 7 nitrogen and oxygen atoms in total. The number of para-hydroxylation sites is 1. The number of hydrogen-bond acceptors (Lipinski definition) is 8. The Morgan fingerprint density at radius 2 is 1.35 bits per heavy atom. The molecule has 0 aromatic heterocycles. The van der Waals surface area contributed by atoms with Gasteiger partial charge >= 0.3 is 11.9 Å². The number of ketones is 1. The van der Waals surface area contributed by atoms with Crippen LogP contribution in [0.3, 0.4) is 0 Å². The fraction of sp³-hybridized carbons (Fsp3) is 0.154. The normalized spacial score (nSPS) is 10.9. The number of Topliss-reactive ketones (excluding diaryl/α,β-unsaturated/α-hetero) is 1. The molecule has 174 valence electrons. The number of ether oxygens (including phenoxy) is 2. The second kappa shape index (κ2) is 12.4. The van der Waals surface area contributed by atoms with Crippen LogP contribution >= 0.6 is 11.8 Å². The first-order valence-electron chi connectivity index (χ1n) is 10.4. The van der Waals surface area contributed by atoms with E-state index in [1.165, 1.54) is 25.6 Å². The molecule has 0 spiro atoms. The summed E-state index contributed by atoms with van der Waals surface area (Å²) >= 11 is 1.49. The minimum absolute atomic E-state index is 0.0877. The zero-order valence-corrected chi connectivity index (χ0v) is 19.5. The minimum Gasteiger partial charge on any atom is -0.490 e. The Balaban J connectivity index is 1.49. The lowest BCUT2D eigenvalue weighted by Crippen LogP contribution is -2.12. The molecule has 0 saturated heterocycles. The summed E-state index contributed by atoms with van der Waals surface area (Å²) in [7, 11) is 0. The second-order valence-electron chi connectivity index (χ2n) is 7.04. The molecule has 0 radical (unpaired) electrons. The Morgan fingerprint density at radius 1 is 0.765 bits per heavy atom. The molecule has 0 atom stereocenters. The molecule has 3 rings (SSSR count). The third-order valence-electron chi connectivity index (χ3n) is 4.41. The first-order valence-corrected chi connectivity index (χ1v) is 11.2. The number of carbonyl (C=O) groups excluding carboxylic acids is 3. The van der Waals surface area contributed by atoms with Crippen molar-refractivity contribution in [2.45, 2.75) is 23.6 Å². The average Bonchev–Trinajstić information content (AvgIpc) is 2.86. The van der Waals surface area contributed by atoms with Crippen molar-refractivity contribution in [3.8, 4) is 5.75 Å². The van der Waals surface area contributed by atoms with Crippen LogP contribution in [-0.4, -0.2) is 36.6 Å². The lowest BCUT2D eigenvalue weighted by atomic mass is 10.1. The van der Waals surface area contributed by atoms with Crippen molar-refractivity contribution in [2.75, 3.05) is 13.2 Å². The summed E-state index contributed by atoms with van der Waals surface area (Å²) in [5.74, 6) is -0.602. The van der Waals surface area contributed by atoms with Gasteiger partial charge in [0.1, 0.15) is 24.7 Å². The van der Waals surface area contributed by atoms with Gasteiger partial charge in [-0.2, -0.15) is 0 Å². The number of nitrogens with zero attached hydrogens (tertiary/aromatic N) is 1. The number of oxime groups is 1. The van der Waals surface area contributed by atoms with E-state index < -0.39 is 11.9 Å². The fourth-order valence-corrected chi connectivity index (χ4v) is 3.56. The van der Waals surface area contributed by atoms with E-state index in [1.54, 1.807) is 24.3 Å². The molecule has 3 aromatic carbocycles. The maximum Gasteiger partial charge on any atom is 0.338 e. The van der Waals surface area contributed by atoms with Crippen LogP contribution in [0.15, 0.2) is 93.8 Å². The van der Waals surface area contributed by atoms with Crippen molar-refractivity contribution in [1.82, 2.24) is 0 Å². The Morgan fingerprint density at radius 3 is 1.94 bits per heavy atom. The van der Waals surface area contributed by atoms with E-state index >= 15 is 0 Å². The van der Waals surface area contributed by atoms with Gasteiger partial charge < -0.3 is 14.3 Å². The summed E-state index contributed by atoms with van der Waals surface area (Å²) in [4.78, 5) is 41.7. The highest BCUT2D eigenvalue weighted by atomic mass is 32.2. The molecule has 0 aliphatic carbocycles. The smallest absolute Gasteiger partial charge is 0.338 e. The highest BCUT2D eigenvalue weighted by Gasteiger charge is 2.12. The molecule has 0 aliphatic rings. The summed E-state index contributed by atoms with van der Waals surface area (Å²) in [6, 6.07) is 23.4. The zero-order valence-electron chi connectivity index (χ0n) is 18.7. The quantitative estimate of drug-likeness (QED) is 0.0990. The summed E-state index contributed by atoms with van der Waals surface area (Å²) in [6.07, 6.45) is 0. The molecule has 34 heavy (non-hydrogen) atoms. The standard InChI is InChI=1S/C26H23NO6S/c1-18(27-33-19(2)28)25(29)20-8-12-23(13-9-20)34-24-14-10-21(11-15-24)26(30)32-17-16-31-22-6-4-3-5-7-22/h3-15H,16-17H2,1-2H3/b27-18+. The molecule has 0 N–H and O–H groups in total. The monoisotopic (exact) mass is 477 g/mol. The largest absolute Gasteiger partial charge is 0.490 e. The number of carbonyl (C=O) groups is 3. The Bertz CT molecular complexity index is 1160. The van der Waals surface area contributed by atoms with Gasteiger partial charge in [0, 0.05) is 22.3 Å². The number of rotatable bonds is 10. The predicted molar refractivity (Wildman–Crippen MR) is 128 cm³/mol. The van der Waals surface area contributed by atoms with Crippen LogP contribution in [0.2, 0.25) is 0 Å². The third-order valence-corrected chi connectivity index (χ3v) is 5.43. The highest BCUT2D eigenvalue weighted by Crippen LogP contribution is 2.28. The average molecular weight is 478 g/mol. The van der Waals surface area contributed by atoms with E-state index in [2.05, 4.69) is 9.99 Å². The number of benzene rings is 3. The van der Waals surface area contributed by atoms with E-state index in [9.17, 15) is 14.4 Å². The van der Waals surface area contributed by atoms with Crippen LogP contribution in [-0.2, 0) is 14.4 Å². The van der Waals surface area contributed by atoms with Crippen molar-refractivity contribution in [3.05, 3.63) is 90.0 Å². The molecule has 0 bridgehead atoms. The van der Waals surface area contributed by atoms with Gasteiger partial charge in [0.05, 0.1) is 5.56 Å². The molecule has 3 aromatic rings. The lowest BCUT2D eigenvalue weighted by molar-refractivity contribution is -0.140. The molecular formula is C26H23NO6S. The lowest BCUT2D eigenvalue weighted by Gasteiger charge is -2.08. The van der Waals surface area contributed by atoms with Gasteiger partial charge in [-0.1, -0.05) is 35.1 Å². The summed E-state index contributed by atoms with van der Waals surface area (Å²) in [5, 5.41) is 3.52. The molecule has 0 heterocycles. The first kappa shape index (κ1) is 24.7. The Labute approximate surface area is 201 Å². The molecular weight excluding hydrogens is 454 g/mol. The van der Waals surface area contributed by atoms with Gasteiger partial charge in [0.25, 0.3) is 0 Å². The molecule has 0 saturated carbocycles. The van der Waals surface area contributed by atoms with Crippen LogP contribution in [0, 0.1) is 0 Å². The summed E-state index contributed by atoms with van der Waals surface area (Å²) < 4.78 is 10.8. The van der Waals surface area contributed by atoms with Crippen LogP contribution < -0.4 is 4.74 Å². The predicted octanol–water partition coefficient (Wildman–Crippen LogP) is 5.20. The fourth-order valence-electron chi connectivity index (χ4n) is 2.75. The van der Waals surface area contributed by atoms with Gasteiger partial charge in [0.2, 0.25) is 5.78 Å².